The molecule has 0 fully saturated rings. The van der Waals surface area contributed by atoms with Gasteiger partial charge in [-0.3, -0.25) is 9.67 Å². The van der Waals surface area contributed by atoms with E-state index < -0.39 is 0 Å². The first-order valence-corrected chi connectivity index (χ1v) is 6.94. The fourth-order valence-electron chi connectivity index (χ4n) is 1.74. The first kappa shape index (κ1) is 13.2. The Kier molecular flexibility index (Phi) is 3.50. The standard InChI is InChI=1S/C13H9BrClN5/c1-20-7-8(5-17-20)11-4-12(15)19-13(18-11)10-3-2-9(14)6-16-10/h2-7H,1H3. The highest BCUT2D eigenvalue weighted by atomic mass is 79.9. The fraction of sp³-hybridized carbons (Fsp3) is 0.0769. The molecule has 0 N–H and O–H groups in total. The Labute approximate surface area is 128 Å². The molecule has 0 bridgehead atoms. The summed E-state index contributed by atoms with van der Waals surface area (Å²) in [5.41, 5.74) is 2.27. The molecule has 20 heavy (non-hydrogen) atoms. The molecule has 0 saturated carbocycles. The number of rotatable bonds is 2. The number of hydrogen-bond acceptors (Lipinski definition) is 4. The minimum absolute atomic E-state index is 0.374. The second-order valence-corrected chi connectivity index (χ2v) is 5.47. The van der Waals surface area contributed by atoms with Crippen molar-refractivity contribution < 1.29 is 0 Å². The van der Waals surface area contributed by atoms with Crippen molar-refractivity contribution in [3.63, 3.8) is 0 Å². The van der Waals surface area contributed by atoms with Crippen molar-refractivity contribution >= 4 is 27.5 Å². The van der Waals surface area contributed by atoms with Crippen LogP contribution in [-0.4, -0.2) is 24.7 Å². The van der Waals surface area contributed by atoms with Crippen LogP contribution >= 0.6 is 27.5 Å². The second kappa shape index (κ2) is 5.30. The van der Waals surface area contributed by atoms with Gasteiger partial charge in [0.1, 0.15) is 10.8 Å². The van der Waals surface area contributed by atoms with E-state index in [9.17, 15) is 0 Å². The highest BCUT2D eigenvalue weighted by molar-refractivity contribution is 9.10. The van der Waals surface area contributed by atoms with E-state index in [1.165, 1.54) is 0 Å². The average Bonchev–Trinajstić information content (AvgIpc) is 2.85. The minimum Gasteiger partial charge on any atom is -0.275 e. The van der Waals surface area contributed by atoms with E-state index in [-0.39, 0.29) is 0 Å². The van der Waals surface area contributed by atoms with Crippen LogP contribution in [0.2, 0.25) is 5.15 Å². The Morgan fingerprint density at radius 3 is 2.65 bits per heavy atom. The highest BCUT2D eigenvalue weighted by Gasteiger charge is 2.10. The molecule has 3 heterocycles. The third-order valence-electron chi connectivity index (χ3n) is 2.65. The number of halogens is 2. The van der Waals surface area contributed by atoms with Crippen LogP contribution in [0.1, 0.15) is 0 Å². The molecule has 100 valence electrons. The summed E-state index contributed by atoms with van der Waals surface area (Å²) in [4.78, 5) is 13.0. The van der Waals surface area contributed by atoms with Gasteiger partial charge in [-0.2, -0.15) is 5.10 Å². The predicted molar refractivity (Wildman–Crippen MR) is 80.2 cm³/mol. The van der Waals surface area contributed by atoms with Crippen molar-refractivity contribution in [2.45, 2.75) is 0 Å². The quantitative estimate of drug-likeness (QED) is 0.665. The Morgan fingerprint density at radius 1 is 1.15 bits per heavy atom. The van der Waals surface area contributed by atoms with Gasteiger partial charge in [-0.05, 0) is 28.1 Å². The molecule has 0 spiro atoms. The van der Waals surface area contributed by atoms with Gasteiger partial charge in [-0.25, -0.2) is 9.97 Å². The van der Waals surface area contributed by atoms with Gasteiger partial charge in [-0.15, -0.1) is 0 Å². The van der Waals surface area contributed by atoms with Crippen LogP contribution in [0.3, 0.4) is 0 Å². The van der Waals surface area contributed by atoms with Crippen molar-refractivity contribution in [1.82, 2.24) is 24.7 Å². The van der Waals surface area contributed by atoms with Crippen LogP contribution in [0.4, 0.5) is 0 Å². The van der Waals surface area contributed by atoms with Gasteiger partial charge in [-0.1, -0.05) is 11.6 Å². The van der Waals surface area contributed by atoms with Crippen LogP contribution in [0.5, 0.6) is 0 Å². The molecular weight excluding hydrogens is 342 g/mol. The van der Waals surface area contributed by atoms with Crippen molar-refractivity contribution in [2.75, 3.05) is 0 Å². The lowest BCUT2D eigenvalue weighted by atomic mass is 10.2. The Balaban J connectivity index is 2.09. The lowest BCUT2D eigenvalue weighted by Crippen LogP contribution is -1.94. The molecule has 0 aliphatic carbocycles. The van der Waals surface area contributed by atoms with Crippen LogP contribution in [0.25, 0.3) is 22.8 Å². The molecule has 0 radical (unpaired) electrons. The maximum absolute atomic E-state index is 6.07. The monoisotopic (exact) mass is 349 g/mol. The summed E-state index contributed by atoms with van der Waals surface area (Å²) >= 11 is 9.42. The Hall–Kier alpha value is -1.79. The average molecular weight is 351 g/mol. The van der Waals surface area contributed by atoms with Gasteiger partial charge >= 0.3 is 0 Å². The Morgan fingerprint density at radius 2 is 2.00 bits per heavy atom. The van der Waals surface area contributed by atoms with Crippen LogP contribution < -0.4 is 0 Å². The topological polar surface area (TPSA) is 56.5 Å². The zero-order valence-corrected chi connectivity index (χ0v) is 12.8. The van der Waals surface area contributed by atoms with E-state index in [2.05, 4.69) is 36.0 Å². The summed E-state index contributed by atoms with van der Waals surface area (Å²) < 4.78 is 2.61. The second-order valence-electron chi connectivity index (χ2n) is 4.16. The predicted octanol–water partition coefficient (Wildman–Crippen LogP) is 3.36. The van der Waals surface area contributed by atoms with Crippen LogP contribution in [0.15, 0.2) is 41.3 Å². The summed E-state index contributed by atoms with van der Waals surface area (Å²) in [5, 5.41) is 4.50. The van der Waals surface area contributed by atoms with Gasteiger partial charge < -0.3 is 0 Å². The number of nitrogens with zero attached hydrogens (tertiary/aromatic N) is 5. The van der Waals surface area contributed by atoms with E-state index in [0.29, 0.717) is 16.7 Å². The molecule has 0 unspecified atom stereocenters. The smallest absolute Gasteiger partial charge is 0.180 e. The molecule has 0 aliphatic heterocycles. The lowest BCUT2D eigenvalue weighted by molar-refractivity contribution is 0.768. The molecular formula is C13H9BrClN5. The molecule has 0 atom stereocenters. The largest absolute Gasteiger partial charge is 0.275 e. The summed E-state index contributed by atoms with van der Waals surface area (Å²) in [6.07, 6.45) is 5.30. The normalized spacial score (nSPS) is 10.8. The number of hydrogen-bond donors (Lipinski definition) is 0. The maximum Gasteiger partial charge on any atom is 0.180 e. The molecule has 0 saturated heterocycles. The van der Waals surface area contributed by atoms with Gasteiger partial charge in [0.2, 0.25) is 0 Å². The van der Waals surface area contributed by atoms with Crippen molar-refractivity contribution in [3.05, 3.63) is 46.4 Å². The van der Waals surface area contributed by atoms with Crippen LogP contribution in [0, 0.1) is 0 Å². The van der Waals surface area contributed by atoms with E-state index in [1.54, 1.807) is 23.1 Å². The summed E-state index contributed by atoms with van der Waals surface area (Å²) in [7, 11) is 1.85. The number of pyridine rings is 1. The molecule has 0 aromatic carbocycles. The first-order valence-electron chi connectivity index (χ1n) is 5.77. The zero-order chi connectivity index (χ0) is 14.1. The van der Waals surface area contributed by atoms with E-state index in [1.807, 2.05) is 25.4 Å². The van der Waals surface area contributed by atoms with E-state index >= 15 is 0 Å². The number of aryl methyl sites for hydroxylation is 1. The first-order chi connectivity index (χ1) is 9.61. The van der Waals surface area contributed by atoms with Crippen molar-refractivity contribution in [3.8, 4) is 22.8 Å². The number of aromatic nitrogens is 5. The van der Waals surface area contributed by atoms with Gasteiger partial charge in [0.05, 0.1) is 11.9 Å². The van der Waals surface area contributed by atoms with Gasteiger partial charge in [0.15, 0.2) is 5.82 Å². The fourth-order valence-corrected chi connectivity index (χ4v) is 2.16. The third kappa shape index (κ3) is 2.71. The Bertz CT molecular complexity index is 754. The molecule has 7 heteroatoms. The van der Waals surface area contributed by atoms with Gasteiger partial charge in [0.25, 0.3) is 0 Å². The van der Waals surface area contributed by atoms with E-state index in [4.69, 9.17) is 11.6 Å². The summed E-state index contributed by atoms with van der Waals surface area (Å²) in [6.45, 7) is 0. The minimum atomic E-state index is 0.374. The van der Waals surface area contributed by atoms with Gasteiger partial charge in [0, 0.05) is 35.5 Å². The van der Waals surface area contributed by atoms with E-state index in [0.717, 1.165) is 15.7 Å². The third-order valence-corrected chi connectivity index (χ3v) is 3.31. The maximum atomic E-state index is 6.07. The molecule has 0 amide bonds. The highest BCUT2D eigenvalue weighted by Crippen LogP contribution is 2.23. The summed E-state index contributed by atoms with van der Waals surface area (Å²) in [5.74, 6) is 0.490. The SMILES string of the molecule is Cn1cc(-c2cc(Cl)nc(-c3ccc(Br)cn3)n2)cn1. The summed E-state index contributed by atoms with van der Waals surface area (Å²) in [6, 6.07) is 5.43. The van der Waals surface area contributed by atoms with Crippen molar-refractivity contribution in [1.29, 1.82) is 0 Å². The zero-order valence-electron chi connectivity index (χ0n) is 10.5. The molecule has 3 rings (SSSR count). The van der Waals surface area contributed by atoms with Crippen LogP contribution in [-0.2, 0) is 7.05 Å². The molecule has 3 aromatic heterocycles. The molecule has 0 aliphatic rings. The van der Waals surface area contributed by atoms with Crippen molar-refractivity contribution in [2.24, 2.45) is 7.05 Å². The lowest BCUT2D eigenvalue weighted by Gasteiger charge is -2.03. The molecule has 5 nitrogen and oxygen atoms in total. The molecule has 3 aromatic rings.